The predicted molar refractivity (Wildman–Crippen MR) is 134 cm³/mol. The lowest BCUT2D eigenvalue weighted by Gasteiger charge is -2.05. The highest BCUT2D eigenvalue weighted by atomic mass is 79.9. The molecule has 0 bridgehead atoms. The molecule has 4 nitrogen and oxygen atoms in total. The van der Waals surface area contributed by atoms with Gasteiger partial charge in [-0.3, -0.25) is 4.98 Å². The quantitative estimate of drug-likeness (QED) is 0.266. The molecule has 3 heterocycles. The van der Waals surface area contributed by atoms with Gasteiger partial charge in [-0.15, -0.1) is 45.3 Å². The van der Waals surface area contributed by atoms with Gasteiger partial charge in [0.1, 0.15) is 0 Å². The third-order valence-corrected chi connectivity index (χ3v) is 5.56. The fourth-order valence-electron chi connectivity index (χ4n) is 3.57. The van der Waals surface area contributed by atoms with Crippen molar-refractivity contribution >= 4 is 77.9 Å². The van der Waals surface area contributed by atoms with Crippen LogP contribution in [-0.2, 0) is 6.54 Å². The number of thiazole rings is 1. The summed E-state index contributed by atoms with van der Waals surface area (Å²) < 4.78 is 2.36. The number of benzene rings is 2. The molecule has 0 unspecified atom stereocenters. The van der Waals surface area contributed by atoms with Gasteiger partial charge in [-0.05, 0) is 43.3 Å². The number of aryl methyl sites for hydroxylation is 1. The number of halogens is 2. The summed E-state index contributed by atoms with van der Waals surface area (Å²) in [5.41, 5.74) is 5.57. The number of aromatic nitrogens is 3. The molecule has 0 aliphatic carbocycles. The minimum absolute atomic E-state index is 0. The Kier molecular flexibility index (Phi) is 6.72. The molecule has 0 atom stereocenters. The number of para-hydroxylation sites is 1. The molecule has 0 amide bonds. The number of hydrogen-bond acceptors (Lipinski definition) is 4. The third-order valence-electron chi connectivity index (χ3n) is 4.80. The van der Waals surface area contributed by atoms with E-state index in [9.17, 15) is 0 Å². The lowest BCUT2D eigenvalue weighted by molar-refractivity contribution is 0.827. The molecule has 29 heavy (non-hydrogen) atoms. The lowest BCUT2D eigenvalue weighted by atomic mass is 10.1. The van der Waals surface area contributed by atoms with E-state index >= 15 is 0 Å². The largest absolute Gasteiger partial charge is 0.341 e. The van der Waals surface area contributed by atoms with Gasteiger partial charge in [-0.1, -0.05) is 18.2 Å². The van der Waals surface area contributed by atoms with Crippen LogP contribution in [0.15, 0.2) is 72.4 Å². The van der Waals surface area contributed by atoms with Crippen molar-refractivity contribution in [2.24, 2.45) is 0 Å². The topological polar surface area (TPSA) is 42.7 Å². The smallest absolute Gasteiger partial charge is 0.187 e. The summed E-state index contributed by atoms with van der Waals surface area (Å²) in [6.45, 7) is 3.14. The first kappa shape index (κ1) is 21.5. The van der Waals surface area contributed by atoms with Gasteiger partial charge in [0.05, 0.1) is 5.69 Å². The molecule has 3 aromatic heterocycles. The molecule has 148 valence electrons. The van der Waals surface area contributed by atoms with Gasteiger partial charge < -0.3 is 9.88 Å². The highest BCUT2D eigenvalue weighted by Gasteiger charge is 2.10. The Morgan fingerprint density at radius 1 is 0.966 bits per heavy atom. The zero-order valence-electron chi connectivity index (χ0n) is 15.7. The van der Waals surface area contributed by atoms with Crippen molar-refractivity contribution in [3.8, 4) is 11.3 Å². The summed E-state index contributed by atoms with van der Waals surface area (Å²) in [5.74, 6) is 0. The number of nitrogens with one attached hydrogen (secondary N) is 1. The Bertz CT molecular complexity index is 1250. The zero-order valence-corrected chi connectivity index (χ0v) is 19.9. The first-order valence-corrected chi connectivity index (χ1v) is 9.85. The normalized spacial score (nSPS) is 10.5. The van der Waals surface area contributed by atoms with Gasteiger partial charge >= 0.3 is 0 Å². The average Bonchev–Trinajstić information content (AvgIpc) is 3.31. The van der Waals surface area contributed by atoms with E-state index in [1.54, 1.807) is 17.5 Å². The van der Waals surface area contributed by atoms with Crippen LogP contribution in [0.3, 0.4) is 0 Å². The second kappa shape index (κ2) is 9.07. The first-order chi connectivity index (χ1) is 13.3. The fraction of sp³-hybridized carbons (Fsp3) is 0.0909. The van der Waals surface area contributed by atoms with Crippen LogP contribution in [-0.4, -0.2) is 14.5 Å². The number of anilines is 2. The molecule has 5 aromatic rings. The van der Waals surface area contributed by atoms with Gasteiger partial charge in [0.15, 0.2) is 5.13 Å². The van der Waals surface area contributed by atoms with Crippen molar-refractivity contribution in [2.75, 3.05) is 5.32 Å². The Morgan fingerprint density at radius 2 is 1.79 bits per heavy atom. The first-order valence-electron chi connectivity index (χ1n) is 8.97. The van der Waals surface area contributed by atoms with Gasteiger partial charge in [0.2, 0.25) is 0 Å². The van der Waals surface area contributed by atoms with Gasteiger partial charge in [-0.25, -0.2) is 4.98 Å². The number of hydrogen-bond donors (Lipinski definition) is 1. The molecule has 0 spiro atoms. The van der Waals surface area contributed by atoms with Crippen LogP contribution in [0.2, 0.25) is 0 Å². The standard InChI is InChI=1S/C22H18N4S.2BrH/c1-2-26-20-8-4-3-7-17(20)18-12-16(9-10-21(18)26)24-22-25-19(14-27-22)15-6-5-11-23-13-15;;/h3-14H,2H2,1H3,(H,24,25);2*1H. The van der Waals surface area contributed by atoms with Crippen LogP contribution in [0.1, 0.15) is 6.92 Å². The highest BCUT2D eigenvalue weighted by molar-refractivity contribution is 8.93. The molecule has 0 saturated heterocycles. The molecule has 2 aromatic carbocycles. The molecule has 7 heteroatoms. The van der Waals surface area contributed by atoms with Crippen molar-refractivity contribution in [3.63, 3.8) is 0 Å². The fourth-order valence-corrected chi connectivity index (χ4v) is 4.31. The lowest BCUT2D eigenvalue weighted by Crippen LogP contribution is -1.93. The van der Waals surface area contributed by atoms with E-state index in [0.29, 0.717) is 0 Å². The summed E-state index contributed by atoms with van der Waals surface area (Å²) in [7, 11) is 0. The molecule has 0 aliphatic heterocycles. The predicted octanol–water partition coefficient (Wildman–Crippen LogP) is 7.23. The Hall–Kier alpha value is -2.22. The van der Waals surface area contributed by atoms with Gasteiger partial charge in [0, 0.05) is 57.4 Å². The van der Waals surface area contributed by atoms with Crippen LogP contribution in [0.4, 0.5) is 10.8 Å². The van der Waals surface area contributed by atoms with Crippen LogP contribution in [0.5, 0.6) is 0 Å². The van der Waals surface area contributed by atoms with Crippen LogP contribution in [0.25, 0.3) is 33.1 Å². The number of rotatable bonds is 4. The van der Waals surface area contributed by atoms with Crippen molar-refractivity contribution in [3.05, 3.63) is 72.4 Å². The van der Waals surface area contributed by atoms with Crippen molar-refractivity contribution in [1.29, 1.82) is 0 Å². The van der Waals surface area contributed by atoms with Crippen molar-refractivity contribution < 1.29 is 0 Å². The van der Waals surface area contributed by atoms with Crippen LogP contribution < -0.4 is 5.32 Å². The minimum atomic E-state index is 0. The van der Waals surface area contributed by atoms with E-state index in [-0.39, 0.29) is 34.0 Å². The van der Waals surface area contributed by atoms with E-state index < -0.39 is 0 Å². The molecule has 0 fully saturated rings. The monoisotopic (exact) mass is 530 g/mol. The molecule has 1 N–H and O–H groups in total. The van der Waals surface area contributed by atoms with Crippen LogP contribution >= 0.6 is 45.3 Å². The average molecular weight is 532 g/mol. The molecular weight excluding hydrogens is 512 g/mol. The maximum atomic E-state index is 4.70. The zero-order chi connectivity index (χ0) is 18.2. The maximum Gasteiger partial charge on any atom is 0.187 e. The minimum Gasteiger partial charge on any atom is -0.341 e. The second-order valence-corrected chi connectivity index (χ2v) is 7.26. The van der Waals surface area contributed by atoms with Gasteiger partial charge in [-0.2, -0.15) is 0 Å². The van der Waals surface area contributed by atoms with E-state index in [1.807, 2.05) is 18.3 Å². The SMILES string of the molecule is Br.Br.CCn1c2ccccc2c2cc(Nc3nc(-c4cccnc4)cs3)ccc21. The van der Waals surface area contributed by atoms with E-state index in [4.69, 9.17) is 4.98 Å². The molecule has 5 rings (SSSR count). The molecule has 0 aliphatic rings. The molecular formula is C22H20Br2N4S. The van der Waals surface area contributed by atoms with E-state index in [0.717, 1.165) is 28.6 Å². The Labute approximate surface area is 194 Å². The summed E-state index contributed by atoms with van der Waals surface area (Å²) >= 11 is 1.60. The Morgan fingerprint density at radius 3 is 2.59 bits per heavy atom. The summed E-state index contributed by atoms with van der Waals surface area (Å²) in [6, 6.07) is 19.1. The number of pyridine rings is 1. The van der Waals surface area contributed by atoms with Gasteiger partial charge in [0.25, 0.3) is 0 Å². The van der Waals surface area contributed by atoms with Crippen molar-refractivity contribution in [2.45, 2.75) is 13.5 Å². The van der Waals surface area contributed by atoms with Crippen LogP contribution in [0, 0.1) is 0 Å². The number of fused-ring (bicyclic) bond motifs is 3. The summed E-state index contributed by atoms with van der Waals surface area (Å²) in [4.78, 5) is 8.87. The third kappa shape index (κ3) is 3.95. The second-order valence-electron chi connectivity index (χ2n) is 6.40. The summed E-state index contributed by atoms with van der Waals surface area (Å²) in [6.07, 6.45) is 3.61. The summed E-state index contributed by atoms with van der Waals surface area (Å²) in [5, 5.41) is 8.94. The Balaban J connectivity index is 0.00000120. The maximum absolute atomic E-state index is 4.70. The molecule has 0 radical (unpaired) electrons. The van der Waals surface area contributed by atoms with E-state index in [1.165, 1.54) is 21.8 Å². The highest BCUT2D eigenvalue weighted by Crippen LogP contribution is 2.33. The molecule has 0 saturated carbocycles. The van der Waals surface area contributed by atoms with E-state index in [2.05, 4.69) is 69.6 Å². The number of nitrogens with zero attached hydrogens (tertiary/aromatic N) is 3. The van der Waals surface area contributed by atoms with Crippen molar-refractivity contribution in [1.82, 2.24) is 14.5 Å².